The number of hydrogen-bond donors (Lipinski definition) is 1. The molecule has 0 spiro atoms. The summed E-state index contributed by atoms with van der Waals surface area (Å²) in [6, 6.07) is 1.40. The average molecular weight is 258 g/mol. The number of piperazine rings is 1. The van der Waals surface area contributed by atoms with Crippen molar-refractivity contribution < 1.29 is 18.0 Å². The summed E-state index contributed by atoms with van der Waals surface area (Å²) in [7, 11) is 0. The Kier molecular flexibility index (Phi) is 3.56. The van der Waals surface area contributed by atoms with E-state index in [1.807, 2.05) is 6.92 Å². The molecule has 1 saturated heterocycles. The lowest BCUT2D eigenvalue weighted by Crippen LogP contribution is -2.52. The summed E-state index contributed by atoms with van der Waals surface area (Å²) in [6.45, 7) is 3.54. The van der Waals surface area contributed by atoms with Crippen LogP contribution < -0.4 is 5.32 Å². The van der Waals surface area contributed by atoms with Crippen molar-refractivity contribution in [3.63, 3.8) is 0 Å². The van der Waals surface area contributed by atoms with Gasteiger partial charge in [0, 0.05) is 31.2 Å². The number of rotatable bonds is 1. The molecule has 0 radical (unpaired) electrons. The van der Waals surface area contributed by atoms with E-state index in [-0.39, 0.29) is 11.6 Å². The standard InChI is InChI=1S/C12H13F3N2O/c1-7-6-16-2-3-17(7)12(18)8-4-9(13)11(15)10(14)5-8/h4-5,7,16H,2-3,6H2,1H3/t7-/m0/s1. The van der Waals surface area contributed by atoms with E-state index in [4.69, 9.17) is 0 Å². The van der Waals surface area contributed by atoms with Gasteiger partial charge in [0.1, 0.15) is 0 Å². The molecule has 98 valence electrons. The molecule has 1 aliphatic heterocycles. The zero-order valence-corrected chi connectivity index (χ0v) is 9.84. The summed E-state index contributed by atoms with van der Waals surface area (Å²) in [4.78, 5) is 13.6. The van der Waals surface area contributed by atoms with Gasteiger partial charge >= 0.3 is 0 Å². The molecule has 1 N–H and O–H groups in total. The van der Waals surface area contributed by atoms with Crippen LogP contribution in [0.5, 0.6) is 0 Å². The second kappa shape index (κ2) is 4.97. The van der Waals surface area contributed by atoms with Crippen molar-refractivity contribution >= 4 is 5.91 Å². The predicted octanol–water partition coefficient (Wildman–Crippen LogP) is 1.54. The maximum Gasteiger partial charge on any atom is 0.254 e. The number of carbonyl (C=O) groups excluding carboxylic acids is 1. The van der Waals surface area contributed by atoms with Crippen LogP contribution in [-0.2, 0) is 0 Å². The van der Waals surface area contributed by atoms with Gasteiger partial charge in [-0.05, 0) is 19.1 Å². The highest BCUT2D eigenvalue weighted by Gasteiger charge is 2.25. The van der Waals surface area contributed by atoms with E-state index in [0.29, 0.717) is 19.6 Å². The first-order valence-corrected chi connectivity index (χ1v) is 5.67. The van der Waals surface area contributed by atoms with E-state index in [1.54, 1.807) is 0 Å². The van der Waals surface area contributed by atoms with Crippen molar-refractivity contribution in [1.82, 2.24) is 10.2 Å². The number of hydrogen-bond acceptors (Lipinski definition) is 2. The number of nitrogens with zero attached hydrogens (tertiary/aromatic N) is 1. The second-order valence-electron chi connectivity index (χ2n) is 4.31. The van der Waals surface area contributed by atoms with Gasteiger partial charge in [0.25, 0.3) is 5.91 Å². The van der Waals surface area contributed by atoms with Crippen LogP contribution in [0.3, 0.4) is 0 Å². The summed E-state index contributed by atoms with van der Waals surface area (Å²) in [6.07, 6.45) is 0. The van der Waals surface area contributed by atoms with Crippen LogP contribution in [0.15, 0.2) is 12.1 Å². The molecule has 1 amide bonds. The van der Waals surface area contributed by atoms with Gasteiger partial charge in [0.2, 0.25) is 0 Å². The number of benzene rings is 1. The molecular weight excluding hydrogens is 245 g/mol. The third-order valence-corrected chi connectivity index (χ3v) is 2.99. The van der Waals surface area contributed by atoms with Gasteiger partial charge in [-0.1, -0.05) is 0 Å². The minimum Gasteiger partial charge on any atom is -0.333 e. The Morgan fingerprint density at radius 3 is 2.50 bits per heavy atom. The van der Waals surface area contributed by atoms with Crippen LogP contribution in [0.25, 0.3) is 0 Å². The normalized spacial score (nSPS) is 20.0. The van der Waals surface area contributed by atoms with Gasteiger partial charge in [-0.2, -0.15) is 0 Å². The van der Waals surface area contributed by atoms with Crippen LogP contribution >= 0.6 is 0 Å². The second-order valence-corrected chi connectivity index (χ2v) is 4.31. The van der Waals surface area contributed by atoms with Crippen molar-refractivity contribution in [2.45, 2.75) is 13.0 Å². The van der Waals surface area contributed by atoms with E-state index in [1.165, 1.54) is 4.90 Å². The summed E-state index contributed by atoms with van der Waals surface area (Å²) in [5.74, 6) is -4.73. The smallest absolute Gasteiger partial charge is 0.254 e. The molecule has 0 bridgehead atoms. The van der Waals surface area contributed by atoms with E-state index in [0.717, 1.165) is 12.1 Å². The molecule has 1 aliphatic rings. The quantitative estimate of drug-likeness (QED) is 0.775. The van der Waals surface area contributed by atoms with Crippen LogP contribution in [0.2, 0.25) is 0 Å². The summed E-state index contributed by atoms with van der Waals surface area (Å²) >= 11 is 0. The van der Waals surface area contributed by atoms with Gasteiger partial charge in [0.15, 0.2) is 17.5 Å². The van der Waals surface area contributed by atoms with Crippen molar-refractivity contribution in [3.05, 3.63) is 35.1 Å². The maximum absolute atomic E-state index is 13.1. The van der Waals surface area contributed by atoms with E-state index < -0.39 is 23.4 Å². The monoisotopic (exact) mass is 258 g/mol. The fraction of sp³-hybridized carbons (Fsp3) is 0.417. The number of halogens is 3. The Labute approximate surface area is 103 Å². The third-order valence-electron chi connectivity index (χ3n) is 2.99. The molecule has 18 heavy (non-hydrogen) atoms. The zero-order chi connectivity index (χ0) is 13.3. The highest BCUT2D eigenvalue weighted by molar-refractivity contribution is 5.94. The Morgan fingerprint density at radius 1 is 1.33 bits per heavy atom. The van der Waals surface area contributed by atoms with Gasteiger partial charge in [-0.25, -0.2) is 13.2 Å². The highest BCUT2D eigenvalue weighted by atomic mass is 19.2. The fourth-order valence-electron chi connectivity index (χ4n) is 1.99. The molecule has 0 aliphatic carbocycles. The van der Waals surface area contributed by atoms with Gasteiger partial charge in [-0.3, -0.25) is 4.79 Å². The van der Waals surface area contributed by atoms with Crippen molar-refractivity contribution in [2.75, 3.05) is 19.6 Å². The third kappa shape index (κ3) is 2.33. The van der Waals surface area contributed by atoms with Crippen LogP contribution in [0, 0.1) is 17.5 Å². The van der Waals surface area contributed by atoms with E-state index in [2.05, 4.69) is 5.32 Å². The summed E-state index contributed by atoms with van der Waals surface area (Å²) in [5.41, 5.74) is -0.167. The Hall–Kier alpha value is -1.56. The zero-order valence-electron chi connectivity index (χ0n) is 9.84. The summed E-state index contributed by atoms with van der Waals surface area (Å²) < 4.78 is 38.9. The lowest BCUT2D eigenvalue weighted by molar-refractivity contribution is 0.0654. The first-order valence-electron chi connectivity index (χ1n) is 5.67. The van der Waals surface area contributed by atoms with Crippen molar-refractivity contribution in [2.24, 2.45) is 0 Å². The van der Waals surface area contributed by atoms with Gasteiger partial charge in [-0.15, -0.1) is 0 Å². The largest absolute Gasteiger partial charge is 0.333 e. The topological polar surface area (TPSA) is 32.3 Å². The molecule has 2 rings (SSSR count). The molecule has 6 heteroatoms. The molecule has 1 aromatic carbocycles. The van der Waals surface area contributed by atoms with Crippen LogP contribution in [-0.4, -0.2) is 36.5 Å². The first kappa shape index (κ1) is 12.9. The number of carbonyl (C=O) groups is 1. The number of nitrogens with one attached hydrogen (secondary N) is 1. The minimum atomic E-state index is -1.56. The van der Waals surface area contributed by atoms with Crippen LogP contribution in [0.1, 0.15) is 17.3 Å². The van der Waals surface area contributed by atoms with Crippen LogP contribution in [0.4, 0.5) is 13.2 Å². The lowest BCUT2D eigenvalue weighted by atomic mass is 10.1. The van der Waals surface area contributed by atoms with Crippen molar-refractivity contribution in [3.8, 4) is 0 Å². The molecular formula is C12H13F3N2O. The Balaban J connectivity index is 2.28. The SMILES string of the molecule is C[C@H]1CNCCN1C(=O)c1cc(F)c(F)c(F)c1. The molecule has 1 heterocycles. The van der Waals surface area contributed by atoms with Crippen molar-refractivity contribution in [1.29, 1.82) is 0 Å². The molecule has 3 nitrogen and oxygen atoms in total. The van der Waals surface area contributed by atoms with E-state index in [9.17, 15) is 18.0 Å². The highest BCUT2D eigenvalue weighted by Crippen LogP contribution is 2.16. The van der Waals surface area contributed by atoms with E-state index >= 15 is 0 Å². The number of amides is 1. The molecule has 1 atom stereocenters. The van der Waals surface area contributed by atoms with Gasteiger partial charge in [0.05, 0.1) is 0 Å². The lowest BCUT2D eigenvalue weighted by Gasteiger charge is -2.34. The fourth-order valence-corrected chi connectivity index (χ4v) is 1.99. The molecule has 1 aromatic rings. The average Bonchev–Trinajstić information content (AvgIpc) is 2.35. The molecule has 0 unspecified atom stereocenters. The molecule has 1 fully saturated rings. The molecule has 0 aromatic heterocycles. The summed E-state index contributed by atoms with van der Waals surface area (Å²) in [5, 5.41) is 3.10. The maximum atomic E-state index is 13.1. The Morgan fingerprint density at radius 2 is 1.94 bits per heavy atom. The minimum absolute atomic E-state index is 0.0672. The Bertz CT molecular complexity index is 455. The predicted molar refractivity (Wildman–Crippen MR) is 59.7 cm³/mol. The first-order chi connectivity index (χ1) is 8.50. The molecule has 0 saturated carbocycles. The van der Waals surface area contributed by atoms with Gasteiger partial charge < -0.3 is 10.2 Å².